The number of nitrogens with zero attached hydrogens (tertiary/aromatic N) is 1. The van der Waals surface area contributed by atoms with Crippen molar-refractivity contribution in [3.8, 4) is 11.6 Å². The number of hydrogen-bond donors (Lipinski definition) is 1. The van der Waals surface area contributed by atoms with E-state index in [4.69, 9.17) is 32.7 Å². The number of aromatic nitrogens is 1. The van der Waals surface area contributed by atoms with Crippen LogP contribution in [0.5, 0.6) is 11.6 Å². The Labute approximate surface area is 178 Å². The quantitative estimate of drug-likeness (QED) is 0.699. The fraction of sp³-hybridized carbons (Fsp3) is 0.364. The van der Waals surface area contributed by atoms with Crippen molar-refractivity contribution >= 4 is 34.6 Å². The van der Waals surface area contributed by atoms with E-state index >= 15 is 0 Å². The first-order chi connectivity index (χ1) is 13.8. The van der Waals surface area contributed by atoms with Crippen LogP contribution in [0.15, 0.2) is 30.2 Å². The molecule has 7 heteroatoms. The third-order valence-corrected chi connectivity index (χ3v) is 6.62. The second-order valence-corrected chi connectivity index (χ2v) is 8.78. The van der Waals surface area contributed by atoms with Crippen LogP contribution >= 0.6 is 23.2 Å². The minimum absolute atomic E-state index is 0.0121. The predicted molar refractivity (Wildman–Crippen MR) is 110 cm³/mol. The topological polar surface area (TPSA) is 68.7 Å². The summed E-state index contributed by atoms with van der Waals surface area (Å²) in [6.07, 6.45) is 3.13. The van der Waals surface area contributed by atoms with Crippen LogP contribution in [0.3, 0.4) is 0 Å². The molecule has 1 N–H and O–H groups in total. The van der Waals surface area contributed by atoms with Crippen molar-refractivity contribution in [2.45, 2.75) is 38.9 Å². The van der Waals surface area contributed by atoms with Crippen LogP contribution in [0.25, 0.3) is 5.57 Å². The van der Waals surface area contributed by atoms with Gasteiger partial charge in [-0.2, -0.15) is 0 Å². The van der Waals surface area contributed by atoms with Crippen LogP contribution in [0.4, 0.5) is 0 Å². The van der Waals surface area contributed by atoms with Gasteiger partial charge in [0, 0.05) is 6.20 Å². The first-order valence-electron chi connectivity index (χ1n) is 9.58. The van der Waals surface area contributed by atoms with E-state index in [1.165, 1.54) is 6.20 Å². The van der Waals surface area contributed by atoms with E-state index in [9.17, 15) is 9.90 Å². The maximum absolute atomic E-state index is 13.2. The Balaban J connectivity index is 1.51. The van der Waals surface area contributed by atoms with Crippen LogP contribution in [-0.4, -0.2) is 28.1 Å². The number of ketones is 1. The summed E-state index contributed by atoms with van der Waals surface area (Å²) >= 11 is 12.0. The fourth-order valence-corrected chi connectivity index (χ4v) is 5.45. The highest BCUT2D eigenvalue weighted by molar-refractivity contribution is 6.35. The minimum atomic E-state index is -0.254. The SMILES string of the molecule is Cc1cc(Oc2ncc(Cl)cc2Cl)cc(C)c1C1=C(O)[C@H]2[C@@H](C1=O)[C@H]1CC[C@@H]2O1. The minimum Gasteiger partial charge on any atom is -0.511 e. The molecular formula is C22H19Cl2NO4. The highest BCUT2D eigenvalue weighted by Gasteiger charge is 2.59. The summed E-state index contributed by atoms with van der Waals surface area (Å²) in [6, 6.07) is 5.21. The Morgan fingerprint density at radius 1 is 1.10 bits per heavy atom. The maximum atomic E-state index is 13.2. The molecule has 2 aromatic rings. The molecule has 3 aliphatic rings. The number of fused-ring (bicyclic) bond motifs is 5. The van der Waals surface area contributed by atoms with E-state index < -0.39 is 0 Å². The van der Waals surface area contributed by atoms with Crippen LogP contribution in [0.1, 0.15) is 29.5 Å². The van der Waals surface area contributed by atoms with Crippen LogP contribution in [0.2, 0.25) is 10.0 Å². The molecule has 1 aliphatic carbocycles. The molecule has 5 rings (SSSR count). The van der Waals surface area contributed by atoms with Crippen molar-refractivity contribution in [3.05, 3.63) is 56.9 Å². The lowest BCUT2D eigenvalue weighted by Gasteiger charge is -2.19. The number of aryl methyl sites for hydroxylation is 2. The van der Waals surface area contributed by atoms with E-state index in [0.29, 0.717) is 21.4 Å². The number of pyridine rings is 1. The van der Waals surface area contributed by atoms with Crippen LogP contribution in [-0.2, 0) is 9.53 Å². The molecule has 3 heterocycles. The van der Waals surface area contributed by atoms with Crippen LogP contribution < -0.4 is 4.74 Å². The lowest BCUT2D eigenvalue weighted by atomic mass is 9.80. The molecule has 2 aliphatic heterocycles. The molecule has 2 fully saturated rings. The van der Waals surface area contributed by atoms with Crippen molar-refractivity contribution in [1.82, 2.24) is 4.98 Å². The number of Topliss-reactive ketones (excluding diaryl/α,β-unsaturated/α-hetero) is 1. The lowest BCUT2D eigenvalue weighted by molar-refractivity contribution is -0.118. The van der Waals surface area contributed by atoms with Crippen molar-refractivity contribution in [3.63, 3.8) is 0 Å². The lowest BCUT2D eigenvalue weighted by Crippen LogP contribution is -2.29. The van der Waals surface area contributed by atoms with Crippen molar-refractivity contribution in [2.75, 3.05) is 0 Å². The molecule has 1 aromatic carbocycles. The Hall–Kier alpha value is -2.08. The number of allylic oxidation sites excluding steroid dienone is 1. The average Bonchev–Trinajstić information content (AvgIpc) is 3.33. The summed E-state index contributed by atoms with van der Waals surface area (Å²) in [6.45, 7) is 3.80. The molecule has 0 radical (unpaired) electrons. The van der Waals surface area contributed by atoms with E-state index in [2.05, 4.69) is 4.98 Å². The number of carbonyl (C=O) groups excluding carboxylic acids is 1. The molecule has 4 atom stereocenters. The molecule has 2 saturated heterocycles. The molecule has 0 spiro atoms. The van der Waals surface area contributed by atoms with Crippen LogP contribution in [0, 0.1) is 25.7 Å². The average molecular weight is 432 g/mol. The van der Waals surface area contributed by atoms with E-state index in [-0.39, 0.29) is 41.5 Å². The van der Waals surface area contributed by atoms with Gasteiger partial charge >= 0.3 is 0 Å². The Morgan fingerprint density at radius 2 is 1.76 bits per heavy atom. The van der Waals surface area contributed by atoms with Gasteiger partial charge in [-0.15, -0.1) is 0 Å². The van der Waals surface area contributed by atoms with Gasteiger partial charge in [0.05, 0.1) is 34.6 Å². The summed E-state index contributed by atoms with van der Waals surface area (Å²) in [5.74, 6) is 0.509. The summed E-state index contributed by atoms with van der Waals surface area (Å²) in [4.78, 5) is 17.3. The third kappa shape index (κ3) is 2.87. The van der Waals surface area contributed by atoms with E-state index in [1.807, 2.05) is 26.0 Å². The molecule has 5 nitrogen and oxygen atoms in total. The molecule has 0 unspecified atom stereocenters. The zero-order valence-corrected chi connectivity index (χ0v) is 17.4. The highest BCUT2D eigenvalue weighted by atomic mass is 35.5. The highest BCUT2D eigenvalue weighted by Crippen LogP contribution is 2.54. The number of aliphatic hydroxyl groups is 1. The molecule has 2 bridgehead atoms. The Bertz CT molecular complexity index is 1060. The number of hydrogen-bond acceptors (Lipinski definition) is 5. The molecule has 150 valence electrons. The largest absolute Gasteiger partial charge is 0.511 e. The van der Waals surface area contributed by atoms with Crippen molar-refractivity contribution < 1.29 is 19.4 Å². The van der Waals surface area contributed by atoms with Gasteiger partial charge < -0.3 is 14.6 Å². The summed E-state index contributed by atoms with van der Waals surface area (Å²) in [7, 11) is 0. The smallest absolute Gasteiger partial charge is 0.238 e. The van der Waals surface area contributed by atoms with Gasteiger partial charge in [0.25, 0.3) is 0 Å². The monoisotopic (exact) mass is 431 g/mol. The van der Waals surface area contributed by atoms with Gasteiger partial charge in [-0.3, -0.25) is 4.79 Å². The standard InChI is InChI=1S/C22H19Cl2NO4/c1-9-5-12(28-22-13(24)7-11(23)8-25-22)6-10(2)16(9)19-20(26)17-14-3-4-15(29-14)18(17)21(19)27/h5-8,14-15,17-18,26H,3-4H2,1-2H3/t14-,15+,17+,18-/m0/s1. The zero-order chi connectivity index (χ0) is 20.4. The van der Waals surface area contributed by atoms with E-state index in [0.717, 1.165) is 29.5 Å². The third-order valence-electron chi connectivity index (χ3n) is 6.14. The summed E-state index contributed by atoms with van der Waals surface area (Å²) < 4.78 is 11.7. The number of carbonyl (C=O) groups is 1. The summed E-state index contributed by atoms with van der Waals surface area (Å²) in [5, 5.41) is 11.7. The van der Waals surface area contributed by atoms with Gasteiger partial charge in [0.2, 0.25) is 5.88 Å². The van der Waals surface area contributed by atoms with Gasteiger partial charge in [0.1, 0.15) is 16.5 Å². The molecule has 0 saturated carbocycles. The van der Waals surface area contributed by atoms with Gasteiger partial charge in [0.15, 0.2) is 5.78 Å². The molecule has 29 heavy (non-hydrogen) atoms. The Kier molecular flexibility index (Phi) is 4.39. The normalized spacial score (nSPS) is 27.7. The van der Waals surface area contributed by atoms with Crippen molar-refractivity contribution in [1.29, 1.82) is 0 Å². The molecule has 1 aromatic heterocycles. The van der Waals surface area contributed by atoms with E-state index in [1.54, 1.807) is 6.07 Å². The molecular weight excluding hydrogens is 413 g/mol. The Morgan fingerprint density at radius 3 is 2.38 bits per heavy atom. The predicted octanol–water partition coefficient (Wildman–Crippen LogP) is 5.44. The first kappa shape index (κ1) is 18.9. The number of aliphatic hydroxyl groups excluding tert-OH is 1. The zero-order valence-electron chi connectivity index (χ0n) is 15.9. The number of halogens is 2. The number of rotatable bonds is 3. The number of benzene rings is 1. The molecule has 0 amide bonds. The van der Waals surface area contributed by atoms with Crippen molar-refractivity contribution in [2.24, 2.45) is 11.8 Å². The number of ether oxygens (including phenoxy) is 2. The first-order valence-corrected chi connectivity index (χ1v) is 10.3. The van der Waals surface area contributed by atoms with Gasteiger partial charge in [-0.05, 0) is 61.6 Å². The van der Waals surface area contributed by atoms with Gasteiger partial charge in [-0.1, -0.05) is 23.2 Å². The second-order valence-electron chi connectivity index (χ2n) is 7.94. The fourth-order valence-electron chi connectivity index (χ4n) is 5.03. The maximum Gasteiger partial charge on any atom is 0.238 e. The summed E-state index contributed by atoms with van der Waals surface area (Å²) in [5.41, 5.74) is 2.88. The second kappa shape index (κ2) is 6.73. The van der Waals surface area contributed by atoms with Gasteiger partial charge in [-0.25, -0.2) is 4.98 Å².